The summed E-state index contributed by atoms with van der Waals surface area (Å²) in [5.41, 5.74) is 0.431. The Balaban J connectivity index is 2.25. The van der Waals surface area contributed by atoms with Crippen molar-refractivity contribution in [2.24, 2.45) is 0 Å². The van der Waals surface area contributed by atoms with Crippen LogP contribution in [-0.2, 0) is 16.0 Å². The molecule has 96 valence electrons. The van der Waals surface area contributed by atoms with Gasteiger partial charge in [-0.3, -0.25) is 4.79 Å². The Kier molecular flexibility index (Phi) is 2.94. The summed E-state index contributed by atoms with van der Waals surface area (Å²) >= 11 is 0. The summed E-state index contributed by atoms with van der Waals surface area (Å²) in [4.78, 5) is 15.6. The van der Waals surface area contributed by atoms with Gasteiger partial charge < -0.3 is 9.84 Å². The fourth-order valence-corrected chi connectivity index (χ4v) is 1.61. The zero-order valence-corrected chi connectivity index (χ0v) is 10.5. The molecule has 2 aromatic heterocycles. The second kappa shape index (κ2) is 4.29. The highest BCUT2D eigenvalue weighted by Gasteiger charge is 2.18. The number of aromatic nitrogens is 3. The minimum Gasteiger partial charge on any atom is -0.504 e. The zero-order chi connectivity index (χ0) is 13.3. The van der Waals surface area contributed by atoms with E-state index in [0.717, 1.165) is 0 Å². The van der Waals surface area contributed by atoms with E-state index in [-0.39, 0.29) is 18.1 Å². The van der Waals surface area contributed by atoms with Gasteiger partial charge in [-0.15, -0.1) is 0 Å². The summed E-state index contributed by atoms with van der Waals surface area (Å²) in [6, 6.07) is 3.12. The molecule has 1 N–H and O–H groups in total. The van der Waals surface area contributed by atoms with Crippen LogP contribution in [0.15, 0.2) is 18.5 Å². The lowest BCUT2D eigenvalue weighted by atomic mass is 10.2. The highest BCUT2D eigenvalue weighted by molar-refractivity contribution is 5.73. The Morgan fingerprint density at radius 2 is 2.17 bits per heavy atom. The summed E-state index contributed by atoms with van der Waals surface area (Å²) in [6.07, 6.45) is 1.41. The molecule has 0 aromatic carbocycles. The van der Waals surface area contributed by atoms with Crippen LogP contribution in [0.25, 0.3) is 5.65 Å². The van der Waals surface area contributed by atoms with E-state index in [2.05, 4.69) is 10.1 Å². The van der Waals surface area contributed by atoms with E-state index in [9.17, 15) is 9.90 Å². The Bertz CT molecular complexity index is 584. The fourth-order valence-electron chi connectivity index (χ4n) is 1.61. The third kappa shape index (κ3) is 2.58. The molecule has 0 bridgehead atoms. The Morgan fingerprint density at radius 1 is 1.44 bits per heavy atom. The minimum atomic E-state index is -0.518. The van der Waals surface area contributed by atoms with Crippen molar-refractivity contribution in [1.82, 2.24) is 14.6 Å². The number of hydrogen-bond donors (Lipinski definition) is 1. The van der Waals surface area contributed by atoms with Gasteiger partial charge in [0.15, 0.2) is 11.4 Å². The van der Waals surface area contributed by atoms with Crippen molar-refractivity contribution >= 4 is 11.6 Å². The van der Waals surface area contributed by atoms with Gasteiger partial charge >= 0.3 is 5.97 Å². The third-order valence-corrected chi connectivity index (χ3v) is 2.23. The fraction of sp³-hybridized carbons (Fsp3) is 0.417. The first-order valence-corrected chi connectivity index (χ1v) is 5.59. The Labute approximate surface area is 104 Å². The minimum absolute atomic E-state index is 0.0282. The summed E-state index contributed by atoms with van der Waals surface area (Å²) < 4.78 is 6.66. The molecule has 2 rings (SSSR count). The molecule has 0 aliphatic carbocycles. The van der Waals surface area contributed by atoms with Gasteiger partial charge in [0, 0.05) is 0 Å². The monoisotopic (exact) mass is 249 g/mol. The number of ether oxygens (including phenoxy) is 1. The van der Waals surface area contributed by atoms with Crippen molar-refractivity contribution in [3.8, 4) is 5.75 Å². The molecule has 0 aliphatic rings. The van der Waals surface area contributed by atoms with Crippen LogP contribution in [0, 0.1) is 0 Å². The quantitative estimate of drug-likeness (QED) is 0.812. The molecule has 6 nitrogen and oxygen atoms in total. The van der Waals surface area contributed by atoms with E-state index in [4.69, 9.17) is 4.74 Å². The summed E-state index contributed by atoms with van der Waals surface area (Å²) in [5.74, 6) is -0.314. The van der Waals surface area contributed by atoms with Gasteiger partial charge in [-0.25, -0.2) is 9.50 Å². The number of carbonyl (C=O) groups excluding carboxylic acids is 1. The number of hydrogen-bond acceptors (Lipinski definition) is 5. The van der Waals surface area contributed by atoms with Crippen molar-refractivity contribution in [3.63, 3.8) is 0 Å². The van der Waals surface area contributed by atoms with Crippen molar-refractivity contribution in [1.29, 1.82) is 0 Å². The summed E-state index contributed by atoms with van der Waals surface area (Å²) in [7, 11) is 0. The highest BCUT2D eigenvalue weighted by Crippen LogP contribution is 2.18. The molecule has 0 saturated heterocycles. The first kappa shape index (κ1) is 12.3. The topological polar surface area (TPSA) is 76.7 Å². The van der Waals surface area contributed by atoms with Crippen LogP contribution in [0.3, 0.4) is 0 Å². The van der Waals surface area contributed by atoms with Crippen LogP contribution in [-0.4, -0.2) is 31.3 Å². The SMILES string of the molecule is CC(C)(C)OC(=O)Cc1ccc(O)c2ncnn12. The number of carbonyl (C=O) groups is 1. The number of rotatable bonds is 2. The molecule has 6 heteroatoms. The van der Waals surface area contributed by atoms with Gasteiger partial charge in [-0.05, 0) is 32.9 Å². The van der Waals surface area contributed by atoms with Crippen molar-refractivity contribution in [2.45, 2.75) is 32.8 Å². The molecular weight excluding hydrogens is 234 g/mol. The largest absolute Gasteiger partial charge is 0.504 e. The lowest BCUT2D eigenvalue weighted by Crippen LogP contribution is -2.25. The highest BCUT2D eigenvalue weighted by atomic mass is 16.6. The van der Waals surface area contributed by atoms with Gasteiger partial charge in [0.2, 0.25) is 0 Å². The molecular formula is C12H15N3O3. The standard InChI is InChI=1S/C12H15N3O3/c1-12(2,3)18-10(17)6-8-4-5-9(16)11-13-7-14-15(8)11/h4-5,7,16H,6H2,1-3H3. The molecule has 0 saturated carbocycles. The lowest BCUT2D eigenvalue weighted by Gasteiger charge is -2.19. The number of aromatic hydroxyl groups is 1. The van der Waals surface area contributed by atoms with E-state index < -0.39 is 5.60 Å². The predicted molar refractivity (Wildman–Crippen MR) is 64.2 cm³/mol. The zero-order valence-electron chi connectivity index (χ0n) is 10.5. The van der Waals surface area contributed by atoms with Crippen molar-refractivity contribution in [2.75, 3.05) is 0 Å². The normalized spacial score (nSPS) is 11.7. The van der Waals surface area contributed by atoms with E-state index in [1.54, 1.807) is 6.07 Å². The summed E-state index contributed by atoms with van der Waals surface area (Å²) in [6.45, 7) is 5.44. The first-order valence-electron chi connectivity index (χ1n) is 5.59. The lowest BCUT2D eigenvalue weighted by molar-refractivity contribution is -0.154. The van der Waals surface area contributed by atoms with Crippen molar-refractivity contribution in [3.05, 3.63) is 24.2 Å². The van der Waals surface area contributed by atoms with Crippen LogP contribution in [0.1, 0.15) is 26.5 Å². The van der Waals surface area contributed by atoms with E-state index in [0.29, 0.717) is 11.3 Å². The smallest absolute Gasteiger partial charge is 0.312 e. The van der Waals surface area contributed by atoms with Crippen LogP contribution in [0.5, 0.6) is 5.75 Å². The Hall–Kier alpha value is -2.11. The molecule has 0 radical (unpaired) electrons. The molecule has 0 atom stereocenters. The van der Waals surface area contributed by atoms with Gasteiger partial charge in [0.25, 0.3) is 0 Å². The van der Waals surface area contributed by atoms with Gasteiger partial charge in [0.1, 0.15) is 11.9 Å². The van der Waals surface area contributed by atoms with E-state index in [1.807, 2.05) is 20.8 Å². The average Bonchev–Trinajstić information content (AvgIpc) is 2.69. The second-order valence-electron chi connectivity index (χ2n) is 4.97. The van der Waals surface area contributed by atoms with Crippen LogP contribution in [0.2, 0.25) is 0 Å². The average molecular weight is 249 g/mol. The molecule has 0 spiro atoms. The molecule has 18 heavy (non-hydrogen) atoms. The van der Waals surface area contributed by atoms with E-state index >= 15 is 0 Å². The number of fused-ring (bicyclic) bond motifs is 1. The Morgan fingerprint density at radius 3 is 2.83 bits per heavy atom. The van der Waals surface area contributed by atoms with Gasteiger partial charge in [-0.2, -0.15) is 5.10 Å². The maximum absolute atomic E-state index is 11.7. The molecule has 2 aromatic rings. The predicted octanol–water partition coefficient (Wildman–Crippen LogP) is 1.32. The van der Waals surface area contributed by atoms with E-state index in [1.165, 1.54) is 16.9 Å². The number of nitrogens with zero attached hydrogens (tertiary/aromatic N) is 3. The second-order valence-corrected chi connectivity index (χ2v) is 4.97. The van der Waals surface area contributed by atoms with Gasteiger partial charge in [-0.1, -0.05) is 0 Å². The third-order valence-electron chi connectivity index (χ3n) is 2.23. The number of esters is 1. The summed E-state index contributed by atoms with van der Waals surface area (Å²) in [5, 5.41) is 13.5. The molecule has 2 heterocycles. The molecule has 0 aliphatic heterocycles. The molecule has 0 amide bonds. The van der Waals surface area contributed by atoms with Crippen LogP contribution >= 0.6 is 0 Å². The maximum atomic E-state index is 11.7. The van der Waals surface area contributed by atoms with Gasteiger partial charge in [0.05, 0.1) is 12.1 Å². The number of pyridine rings is 1. The first-order chi connectivity index (χ1) is 8.37. The molecule has 0 unspecified atom stereocenters. The van der Waals surface area contributed by atoms with Crippen LogP contribution < -0.4 is 0 Å². The van der Waals surface area contributed by atoms with Crippen molar-refractivity contribution < 1.29 is 14.6 Å². The van der Waals surface area contributed by atoms with Crippen LogP contribution in [0.4, 0.5) is 0 Å². The molecule has 0 fully saturated rings. The maximum Gasteiger partial charge on any atom is 0.312 e.